The van der Waals surface area contributed by atoms with Gasteiger partial charge in [-0.3, -0.25) is 4.79 Å². The highest BCUT2D eigenvalue weighted by atomic mass is 32.1. The van der Waals surface area contributed by atoms with Crippen molar-refractivity contribution in [3.63, 3.8) is 0 Å². The summed E-state index contributed by atoms with van der Waals surface area (Å²) in [4.78, 5) is 23.9. The molecule has 1 N–H and O–H groups in total. The maximum atomic E-state index is 12.1. The van der Waals surface area contributed by atoms with Crippen LogP contribution in [-0.2, 0) is 9.53 Å². The second-order valence-electron chi connectivity index (χ2n) is 5.34. The molecule has 0 aliphatic heterocycles. The van der Waals surface area contributed by atoms with Crippen LogP contribution in [0.25, 0.3) is 11.1 Å². The van der Waals surface area contributed by atoms with Crippen LogP contribution in [-0.4, -0.2) is 18.5 Å². The van der Waals surface area contributed by atoms with Gasteiger partial charge < -0.3 is 10.1 Å². The fourth-order valence-electron chi connectivity index (χ4n) is 2.30. The number of anilines is 1. The monoisotopic (exact) mass is 362 g/mol. The fraction of sp³-hybridized carbons (Fsp3) is 0.0500. The molecule has 1 amide bonds. The molecule has 1 aromatic heterocycles. The van der Waals surface area contributed by atoms with E-state index in [-0.39, 0.29) is 0 Å². The lowest BCUT2D eigenvalue weighted by molar-refractivity contribution is -0.119. The van der Waals surface area contributed by atoms with Gasteiger partial charge in [-0.15, -0.1) is 11.3 Å². The summed E-state index contributed by atoms with van der Waals surface area (Å²) in [6.45, 7) is -0.415. The normalized spacial score (nSPS) is 9.96. The summed E-state index contributed by atoms with van der Waals surface area (Å²) in [6.07, 6.45) is 0. The first-order valence-corrected chi connectivity index (χ1v) is 8.65. The number of nitriles is 1. The number of nitrogens with zero attached hydrogens (tertiary/aromatic N) is 1. The Morgan fingerprint density at radius 2 is 1.69 bits per heavy atom. The third kappa shape index (κ3) is 4.15. The summed E-state index contributed by atoms with van der Waals surface area (Å²) < 4.78 is 5.03. The van der Waals surface area contributed by atoms with Crippen molar-refractivity contribution in [1.82, 2.24) is 0 Å². The minimum absolute atomic E-state index is 0.367. The van der Waals surface area contributed by atoms with Gasteiger partial charge in [0.25, 0.3) is 5.91 Å². The first kappa shape index (κ1) is 17.4. The van der Waals surface area contributed by atoms with Crippen LogP contribution < -0.4 is 5.32 Å². The molecule has 26 heavy (non-hydrogen) atoms. The maximum Gasteiger partial charge on any atom is 0.338 e. The van der Waals surface area contributed by atoms with Gasteiger partial charge in [0.2, 0.25) is 0 Å². The molecule has 3 aromatic rings. The molecule has 0 aliphatic carbocycles. The number of thiophene rings is 1. The van der Waals surface area contributed by atoms with Gasteiger partial charge in [-0.25, -0.2) is 4.79 Å². The van der Waals surface area contributed by atoms with Gasteiger partial charge in [-0.1, -0.05) is 42.5 Å². The van der Waals surface area contributed by atoms with Gasteiger partial charge in [0.1, 0.15) is 11.1 Å². The Bertz CT molecular complexity index is 957. The topological polar surface area (TPSA) is 79.2 Å². The lowest BCUT2D eigenvalue weighted by Gasteiger charge is -2.06. The highest BCUT2D eigenvalue weighted by molar-refractivity contribution is 7.14. The SMILES string of the molecule is N#Cc1ccsc1NC(=O)COC(=O)c1ccc(-c2ccccc2)cc1. The standard InChI is InChI=1S/C20H14N2O3S/c21-12-17-10-11-26-19(17)22-18(23)13-25-20(24)16-8-6-15(7-9-16)14-4-2-1-3-5-14/h1-11H,13H2,(H,22,23). The molecule has 3 rings (SSSR count). The maximum absolute atomic E-state index is 12.1. The van der Waals surface area contributed by atoms with E-state index in [4.69, 9.17) is 10.00 Å². The number of hydrogen-bond donors (Lipinski definition) is 1. The number of carbonyl (C=O) groups excluding carboxylic acids is 2. The minimum Gasteiger partial charge on any atom is -0.452 e. The summed E-state index contributed by atoms with van der Waals surface area (Å²) >= 11 is 1.24. The molecule has 5 nitrogen and oxygen atoms in total. The highest BCUT2D eigenvalue weighted by Crippen LogP contribution is 2.22. The molecule has 0 saturated carbocycles. The van der Waals surface area contributed by atoms with E-state index in [1.165, 1.54) is 11.3 Å². The first-order valence-electron chi connectivity index (χ1n) is 7.77. The molecule has 2 aromatic carbocycles. The van der Waals surface area contributed by atoms with Crippen molar-refractivity contribution < 1.29 is 14.3 Å². The average Bonchev–Trinajstić information content (AvgIpc) is 3.14. The number of rotatable bonds is 5. The minimum atomic E-state index is -0.577. The molecular weight excluding hydrogens is 348 g/mol. The predicted octanol–water partition coefficient (Wildman–Crippen LogP) is 4.08. The quantitative estimate of drug-likeness (QED) is 0.694. The molecule has 0 radical (unpaired) electrons. The van der Waals surface area contributed by atoms with Crippen molar-refractivity contribution in [2.24, 2.45) is 0 Å². The Balaban J connectivity index is 1.56. The summed E-state index contributed by atoms with van der Waals surface area (Å²) in [5.74, 6) is -1.07. The van der Waals surface area contributed by atoms with E-state index in [0.29, 0.717) is 16.1 Å². The zero-order chi connectivity index (χ0) is 18.4. The van der Waals surface area contributed by atoms with Gasteiger partial charge in [-0.05, 0) is 34.7 Å². The van der Waals surface area contributed by atoms with Gasteiger partial charge in [0, 0.05) is 0 Å². The van der Waals surface area contributed by atoms with E-state index in [9.17, 15) is 9.59 Å². The first-order chi connectivity index (χ1) is 12.7. The predicted molar refractivity (Wildman–Crippen MR) is 99.8 cm³/mol. The number of ether oxygens (including phenoxy) is 1. The summed E-state index contributed by atoms with van der Waals surface area (Å²) in [7, 11) is 0. The lowest BCUT2D eigenvalue weighted by Crippen LogP contribution is -2.20. The molecule has 0 spiro atoms. The lowest BCUT2D eigenvalue weighted by atomic mass is 10.0. The van der Waals surface area contributed by atoms with E-state index < -0.39 is 18.5 Å². The van der Waals surface area contributed by atoms with Gasteiger partial charge >= 0.3 is 5.97 Å². The van der Waals surface area contributed by atoms with E-state index in [1.807, 2.05) is 48.5 Å². The Morgan fingerprint density at radius 3 is 2.38 bits per heavy atom. The van der Waals surface area contributed by atoms with Crippen molar-refractivity contribution in [3.05, 3.63) is 77.2 Å². The van der Waals surface area contributed by atoms with Crippen molar-refractivity contribution in [2.75, 3.05) is 11.9 Å². The molecule has 0 atom stereocenters. The Morgan fingerprint density at radius 1 is 1.00 bits per heavy atom. The number of benzene rings is 2. The van der Waals surface area contributed by atoms with Gasteiger partial charge in [0.15, 0.2) is 6.61 Å². The number of amides is 1. The number of carbonyl (C=O) groups is 2. The molecule has 0 unspecified atom stereocenters. The third-order valence-electron chi connectivity index (χ3n) is 3.60. The van der Waals surface area contributed by atoms with E-state index >= 15 is 0 Å². The van der Waals surface area contributed by atoms with Crippen LogP contribution in [0.3, 0.4) is 0 Å². The summed E-state index contributed by atoms with van der Waals surface area (Å²) in [5, 5.41) is 13.6. The van der Waals surface area contributed by atoms with Crippen molar-refractivity contribution in [1.29, 1.82) is 5.26 Å². The fourth-order valence-corrected chi connectivity index (χ4v) is 3.05. The van der Waals surface area contributed by atoms with Crippen LogP contribution in [0.2, 0.25) is 0 Å². The van der Waals surface area contributed by atoms with Crippen LogP contribution in [0, 0.1) is 11.3 Å². The zero-order valence-electron chi connectivity index (χ0n) is 13.6. The average molecular weight is 362 g/mol. The van der Waals surface area contributed by atoms with Crippen LogP contribution in [0.5, 0.6) is 0 Å². The Kier molecular flexibility index (Phi) is 5.42. The van der Waals surface area contributed by atoms with E-state index in [1.54, 1.807) is 23.6 Å². The Labute approximate surface area is 154 Å². The molecule has 128 valence electrons. The van der Waals surface area contributed by atoms with Crippen molar-refractivity contribution >= 4 is 28.2 Å². The second-order valence-corrected chi connectivity index (χ2v) is 6.26. The highest BCUT2D eigenvalue weighted by Gasteiger charge is 2.12. The molecule has 0 aliphatic rings. The van der Waals surface area contributed by atoms with Crippen molar-refractivity contribution in [2.45, 2.75) is 0 Å². The van der Waals surface area contributed by atoms with Crippen LogP contribution >= 0.6 is 11.3 Å². The Hall–Kier alpha value is -3.43. The molecular formula is C20H14N2O3S. The third-order valence-corrected chi connectivity index (χ3v) is 4.43. The van der Waals surface area contributed by atoms with Crippen LogP contribution in [0.1, 0.15) is 15.9 Å². The number of hydrogen-bond acceptors (Lipinski definition) is 5. The van der Waals surface area contributed by atoms with Gasteiger partial charge in [-0.2, -0.15) is 5.26 Å². The van der Waals surface area contributed by atoms with E-state index in [0.717, 1.165) is 11.1 Å². The summed E-state index contributed by atoms with van der Waals surface area (Å²) in [5.41, 5.74) is 2.79. The van der Waals surface area contributed by atoms with Crippen LogP contribution in [0.15, 0.2) is 66.0 Å². The molecule has 0 fully saturated rings. The second kappa shape index (κ2) is 8.10. The van der Waals surface area contributed by atoms with E-state index in [2.05, 4.69) is 5.32 Å². The number of esters is 1. The zero-order valence-corrected chi connectivity index (χ0v) is 14.5. The van der Waals surface area contributed by atoms with Crippen molar-refractivity contribution in [3.8, 4) is 17.2 Å². The molecule has 0 bridgehead atoms. The largest absolute Gasteiger partial charge is 0.452 e. The molecule has 6 heteroatoms. The molecule has 1 heterocycles. The van der Waals surface area contributed by atoms with Gasteiger partial charge in [0.05, 0.1) is 11.1 Å². The van der Waals surface area contributed by atoms with Crippen LogP contribution in [0.4, 0.5) is 5.00 Å². The summed E-state index contributed by atoms with van der Waals surface area (Å²) in [6, 6.07) is 20.4. The smallest absolute Gasteiger partial charge is 0.338 e. The number of nitrogens with one attached hydrogen (secondary N) is 1. The molecule has 0 saturated heterocycles.